The number of rotatable bonds is 7. The van der Waals surface area contributed by atoms with Crippen molar-refractivity contribution in [3.8, 4) is 5.75 Å². The number of nitrogens with zero attached hydrogens (tertiary/aromatic N) is 2. The minimum atomic E-state index is -3.99. The van der Waals surface area contributed by atoms with Crippen molar-refractivity contribution in [1.29, 1.82) is 0 Å². The molecule has 0 atom stereocenters. The van der Waals surface area contributed by atoms with Gasteiger partial charge in [0.05, 0.1) is 11.6 Å². The minimum Gasteiger partial charge on any atom is -0.492 e. The Morgan fingerprint density at radius 3 is 2.45 bits per heavy atom. The zero-order valence-electron chi connectivity index (χ0n) is 17.8. The third-order valence-corrected chi connectivity index (χ3v) is 8.66. The van der Waals surface area contributed by atoms with Gasteiger partial charge in [-0.1, -0.05) is 25.4 Å². The predicted octanol–water partition coefficient (Wildman–Crippen LogP) is 1.88. The smallest absolute Gasteiger partial charge is 0.266 e. The molecule has 1 aromatic rings. The molecule has 174 valence electrons. The molecular weight excluding hydrogens is 446 g/mol. The lowest BCUT2D eigenvalue weighted by molar-refractivity contribution is -0.134. The van der Waals surface area contributed by atoms with Gasteiger partial charge in [0.15, 0.2) is 4.75 Å². The highest BCUT2D eigenvalue weighted by atomic mass is 35.5. The third-order valence-electron chi connectivity index (χ3n) is 5.74. The Kier molecular flexibility index (Phi) is 7.69. The fourth-order valence-corrected chi connectivity index (χ4v) is 6.23. The van der Waals surface area contributed by atoms with Crippen LogP contribution in [0.5, 0.6) is 5.75 Å². The number of hydrogen-bond donors (Lipinski definition) is 2. The molecule has 0 saturated carbocycles. The number of halogens is 1. The lowest BCUT2D eigenvalue weighted by Crippen LogP contribution is -2.62. The standard InChI is InChI=1S/C20H30ClN3O6S/c1-15(2)14-30-18-4-3-16(13-17(18)21)23-7-9-24(10-8-23)31(27,28)20(19(25)22-26)5-11-29-12-6-20/h3-4,13,15,26H,5-12,14H2,1-2H3,(H,22,25). The highest BCUT2D eigenvalue weighted by Gasteiger charge is 2.54. The van der Waals surface area contributed by atoms with Gasteiger partial charge in [-0.25, -0.2) is 13.9 Å². The van der Waals surface area contributed by atoms with Gasteiger partial charge in [0.1, 0.15) is 5.75 Å². The van der Waals surface area contributed by atoms with Gasteiger partial charge in [0.25, 0.3) is 5.91 Å². The monoisotopic (exact) mass is 475 g/mol. The number of ether oxygens (including phenoxy) is 2. The highest BCUT2D eigenvalue weighted by molar-refractivity contribution is 7.91. The average Bonchev–Trinajstić information content (AvgIpc) is 2.78. The summed E-state index contributed by atoms with van der Waals surface area (Å²) in [5, 5.41) is 9.68. The van der Waals surface area contributed by atoms with E-state index in [2.05, 4.69) is 13.8 Å². The van der Waals surface area contributed by atoms with Crippen LogP contribution < -0.4 is 15.1 Å². The number of carbonyl (C=O) groups excluding carboxylic acids is 1. The first-order chi connectivity index (χ1) is 14.7. The van der Waals surface area contributed by atoms with Crippen molar-refractivity contribution in [3.05, 3.63) is 23.2 Å². The molecule has 0 unspecified atom stereocenters. The summed E-state index contributed by atoms with van der Waals surface area (Å²) < 4.78 is 37.3. The summed E-state index contributed by atoms with van der Waals surface area (Å²) in [6, 6.07) is 5.55. The number of benzene rings is 1. The number of anilines is 1. The maximum absolute atomic E-state index is 13.4. The van der Waals surface area contributed by atoms with E-state index < -0.39 is 20.7 Å². The van der Waals surface area contributed by atoms with Crippen LogP contribution in [0.1, 0.15) is 26.7 Å². The summed E-state index contributed by atoms with van der Waals surface area (Å²) in [4.78, 5) is 14.4. The molecule has 2 fully saturated rings. The first-order valence-electron chi connectivity index (χ1n) is 10.4. The first kappa shape index (κ1) is 24.1. The Labute approximate surface area is 188 Å². The van der Waals surface area contributed by atoms with E-state index in [0.717, 1.165) is 5.69 Å². The fourth-order valence-electron chi connectivity index (χ4n) is 3.90. The normalized spacial score (nSPS) is 20.0. The van der Waals surface area contributed by atoms with Crippen LogP contribution in [0.2, 0.25) is 5.02 Å². The summed E-state index contributed by atoms with van der Waals surface area (Å²) in [6.45, 7) is 6.36. The molecule has 1 amide bonds. The minimum absolute atomic E-state index is 0.00931. The quantitative estimate of drug-likeness (QED) is 0.457. The van der Waals surface area contributed by atoms with Gasteiger partial charge in [0.2, 0.25) is 10.0 Å². The second-order valence-electron chi connectivity index (χ2n) is 8.26. The number of hydrogen-bond acceptors (Lipinski definition) is 7. The van der Waals surface area contributed by atoms with Crippen molar-refractivity contribution in [3.63, 3.8) is 0 Å². The van der Waals surface area contributed by atoms with E-state index in [9.17, 15) is 13.2 Å². The molecule has 2 aliphatic rings. The van der Waals surface area contributed by atoms with Crippen LogP contribution in [0.4, 0.5) is 5.69 Å². The van der Waals surface area contributed by atoms with Gasteiger partial charge < -0.3 is 14.4 Å². The van der Waals surface area contributed by atoms with Gasteiger partial charge in [0, 0.05) is 57.9 Å². The molecule has 3 rings (SSSR count). The van der Waals surface area contributed by atoms with E-state index in [1.54, 1.807) is 5.48 Å². The van der Waals surface area contributed by atoms with E-state index in [0.29, 0.717) is 36.4 Å². The van der Waals surface area contributed by atoms with Crippen LogP contribution in [0.25, 0.3) is 0 Å². The van der Waals surface area contributed by atoms with Crippen molar-refractivity contribution in [2.45, 2.75) is 31.4 Å². The SMILES string of the molecule is CC(C)COc1ccc(N2CCN(S(=O)(=O)C3(C(=O)NO)CCOCC3)CC2)cc1Cl. The summed E-state index contributed by atoms with van der Waals surface area (Å²) in [5.41, 5.74) is 2.43. The second-order valence-corrected chi connectivity index (χ2v) is 10.9. The molecule has 2 saturated heterocycles. The molecular formula is C20H30ClN3O6S. The number of hydroxylamine groups is 1. The zero-order valence-corrected chi connectivity index (χ0v) is 19.4. The van der Waals surface area contributed by atoms with E-state index in [1.165, 1.54) is 4.31 Å². The number of nitrogens with one attached hydrogen (secondary N) is 1. The molecule has 0 aliphatic carbocycles. The maximum atomic E-state index is 13.4. The molecule has 9 nitrogen and oxygen atoms in total. The largest absolute Gasteiger partial charge is 0.492 e. The predicted molar refractivity (Wildman–Crippen MR) is 117 cm³/mol. The molecule has 31 heavy (non-hydrogen) atoms. The van der Waals surface area contributed by atoms with E-state index in [4.69, 9.17) is 26.3 Å². The summed E-state index contributed by atoms with van der Waals surface area (Å²) >= 11 is 6.37. The number of sulfonamides is 1. The number of carbonyl (C=O) groups is 1. The van der Waals surface area contributed by atoms with Crippen LogP contribution in [0.15, 0.2) is 18.2 Å². The summed E-state index contributed by atoms with van der Waals surface area (Å²) in [5.74, 6) is 0.108. The Balaban J connectivity index is 1.70. The molecule has 2 aliphatic heterocycles. The first-order valence-corrected chi connectivity index (χ1v) is 12.2. The van der Waals surface area contributed by atoms with Gasteiger partial charge in [-0.05, 0) is 24.1 Å². The van der Waals surface area contributed by atoms with Gasteiger partial charge in [-0.3, -0.25) is 10.0 Å². The van der Waals surface area contributed by atoms with Crippen LogP contribution in [-0.2, 0) is 19.6 Å². The fraction of sp³-hybridized carbons (Fsp3) is 0.650. The number of piperazine rings is 1. The average molecular weight is 476 g/mol. The maximum Gasteiger partial charge on any atom is 0.266 e. The Bertz CT molecular complexity index is 881. The topological polar surface area (TPSA) is 108 Å². The van der Waals surface area contributed by atoms with Gasteiger partial charge >= 0.3 is 0 Å². The Hall–Kier alpha value is -1.59. The van der Waals surface area contributed by atoms with Crippen molar-refractivity contribution in [2.24, 2.45) is 5.92 Å². The highest BCUT2D eigenvalue weighted by Crippen LogP contribution is 2.35. The van der Waals surface area contributed by atoms with Gasteiger partial charge in [-0.2, -0.15) is 4.31 Å². The Morgan fingerprint density at radius 2 is 1.90 bits per heavy atom. The molecule has 0 aromatic heterocycles. The molecule has 0 spiro atoms. The lowest BCUT2D eigenvalue weighted by Gasteiger charge is -2.42. The molecule has 0 bridgehead atoms. The molecule has 2 heterocycles. The van der Waals surface area contributed by atoms with Crippen LogP contribution in [-0.4, -0.2) is 74.6 Å². The number of amides is 1. The van der Waals surface area contributed by atoms with Crippen LogP contribution in [0.3, 0.4) is 0 Å². The van der Waals surface area contributed by atoms with E-state index in [1.807, 2.05) is 23.1 Å². The van der Waals surface area contributed by atoms with E-state index >= 15 is 0 Å². The van der Waals surface area contributed by atoms with Gasteiger partial charge in [-0.15, -0.1) is 0 Å². The molecule has 2 N–H and O–H groups in total. The summed E-state index contributed by atoms with van der Waals surface area (Å²) in [7, 11) is -3.99. The van der Waals surface area contributed by atoms with Crippen LogP contribution in [0, 0.1) is 5.92 Å². The second kappa shape index (κ2) is 9.91. The summed E-state index contributed by atoms with van der Waals surface area (Å²) in [6.07, 6.45) is 0.0186. The van der Waals surface area contributed by atoms with Crippen LogP contribution >= 0.6 is 11.6 Å². The lowest BCUT2D eigenvalue weighted by atomic mass is 9.98. The third kappa shape index (κ3) is 4.93. The van der Waals surface area contributed by atoms with Crippen molar-refractivity contribution < 1.29 is 27.9 Å². The van der Waals surface area contributed by atoms with Crippen molar-refractivity contribution in [1.82, 2.24) is 9.79 Å². The molecule has 1 aromatic carbocycles. The van der Waals surface area contributed by atoms with E-state index in [-0.39, 0.29) is 39.1 Å². The zero-order chi connectivity index (χ0) is 22.6. The molecule has 0 radical (unpaired) electrons. The van der Waals surface area contributed by atoms with Crippen molar-refractivity contribution >= 4 is 33.2 Å². The van der Waals surface area contributed by atoms with Crippen molar-refractivity contribution in [2.75, 3.05) is 50.9 Å². The molecule has 11 heteroatoms. The Morgan fingerprint density at radius 1 is 1.26 bits per heavy atom.